The third-order valence-corrected chi connectivity index (χ3v) is 5.46. The predicted molar refractivity (Wildman–Crippen MR) is 125 cm³/mol. The molecule has 0 saturated heterocycles. The lowest BCUT2D eigenvalue weighted by molar-refractivity contribution is 0.0942. The van der Waals surface area contributed by atoms with E-state index in [1.165, 1.54) is 0 Å². The fourth-order valence-electron chi connectivity index (χ4n) is 3.59. The van der Waals surface area contributed by atoms with E-state index in [0.29, 0.717) is 23.9 Å². The zero-order chi connectivity index (χ0) is 22.5. The topological polar surface area (TPSA) is 71.3 Å². The van der Waals surface area contributed by atoms with Crippen LogP contribution in [0.1, 0.15) is 27.5 Å². The van der Waals surface area contributed by atoms with E-state index in [0.717, 1.165) is 22.3 Å². The van der Waals surface area contributed by atoms with Gasteiger partial charge in [0.15, 0.2) is 0 Å². The molecule has 1 unspecified atom stereocenters. The van der Waals surface area contributed by atoms with Crippen LogP contribution in [0.4, 0.5) is 0 Å². The van der Waals surface area contributed by atoms with Crippen molar-refractivity contribution in [3.63, 3.8) is 0 Å². The zero-order valence-corrected chi connectivity index (χ0v) is 18.4. The first kappa shape index (κ1) is 21.5. The number of carbonyl (C=O) groups is 1. The molecule has 0 aliphatic rings. The summed E-state index contributed by atoms with van der Waals surface area (Å²) in [7, 11) is 4.02. The van der Waals surface area contributed by atoms with Crippen LogP contribution in [0.3, 0.4) is 0 Å². The van der Waals surface area contributed by atoms with E-state index >= 15 is 0 Å². The SMILES string of the molecule is Cc1ccccc1-c1nnc(-c2ccc(C(=O)NCC(c3ccccc3)N(C)C)cc2)o1. The lowest BCUT2D eigenvalue weighted by Crippen LogP contribution is -2.34. The summed E-state index contributed by atoms with van der Waals surface area (Å²) in [6.45, 7) is 2.52. The van der Waals surface area contributed by atoms with Gasteiger partial charge in [-0.05, 0) is 62.5 Å². The maximum atomic E-state index is 12.7. The van der Waals surface area contributed by atoms with Gasteiger partial charge in [-0.15, -0.1) is 10.2 Å². The quantitative estimate of drug-likeness (QED) is 0.462. The molecule has 0 saturated carbocycles. The Morgan fingerprint density at radius 2 is 1.56 bits per heavy atom. The average Bonchev–Trinajstić information content (AvgIpc) is 3.30. The summed E-state index contributed by atoms with van der Waals surface area (Å²) in [5, 5.41) is 11.4. The van der Waals surface area contributed by atoms with Gasteiger partial charge in [0.1, 0.15) is 0 Å². The third-order valence-electron chi connectivity index (χ3n) is 5.46. The fourth-order valence-corrected chi connectivity index (χ4v) is 3.59. The van der Waals surface area contributed by atoms with Gasteiger partial charge in [-0.3, -0.25) is 4.79 Å². The molecule has 1 atom stereocenters. The molecule has 1 N–H and O–H groups in total. The molecule has 0 aliphatic heterocycles. The highest BCUT2D eigenvalue weighted by atomic mass is 16.4. The van der Waals surface area contributed by atoms with Gasteiger partial charge in [0, 0.05) is 23.2 Å². The lowest BCUT2D eigenvalue weighted by atomic mass is 10.1. The van der Waals surface area contributed by atoms with Crippen molar-refractivity contribution in [2.24, 2.45) is 0 Å². The van der Waals surface area contributed by atoms with E-state index in [1.807, 2.05) is 75.6 Å². The van der Waals surface area contributed by atoms with Gasteiger partial charge in [-0.2, -0.15) is 0 Å². The van der Waals surface area contributed by atoms with E-state index < -0.39 is 0 Å². The highest BCUT2D eigenvalue weighted by Crippen LogP contribution is 2.26. The van der Waals surface area contributed by atoms with Gasteiger partial charge < -0.3 is 14.6 Å². The van der Waals surface area contributed by atoms with Crippen molar-refractivity contribution in [2.75, 3.05) is 20.6 Å². The van der Waals surface area contributed by atoms with Crippen LogP contribution in [0.2, 0.25) is 0 Å². The molecule has 1 amide bonds. The Morgan fingerprint density at radius 1 is 0.906 bits per heavy atom. The predicted octanol–water partition coefficient (Wildman–Crippen LogP) is 4.74. The Balaban J connectivity index is 1.43. The number of carbonyl (C=O) groups excluding carboxylic acids is 1. The maximum absolute atomic E-state index is 12.7. The van der Waals surface area contributed by atoms with Crippen molar-refractivity contribution >= 4 is 5.91 Å². The van der Waals surface area contributed by atoms with Crippen LogP contribution in [-0.4, -0.2) is 41.6 Å². The highest BCUT2D eigenvalue weighted by molar-refractivity contribution is 5.94. The van der Waals surface area contributed by atoms with E-state index in [2.05, 4.69) is 32.5 Å². The molecule has 0 aliphatic carbocycles. The summed E-state index contributed by atoms with van der Waals surface area (Å²) in [5.41, 5.74) is 4.49. The molecule has 3 aromatic carbocycles. The number of rotatable bonds is 7. The highest BCUT2D eigenvalue weighted by Gasteiger charge is 2.16. The normalized spacial score (nSPS) is 12.0. The Kier molecular flexibility index (Phi) is 6.42. The molecule has 0 bridgehead atoms. The Labute approximate surface area is 187 Å². The van der Waals surface area contributed by atoms with Crippen molar-refractivity contribution in [3.8, 4) is 22.9 Å². The van der Waals surface area contributed by atoms with Crippen molar-refractivity contribution < 1.29 is 9.21 Å². The van der Waals surface area contributed by atoms with Gasteiger partial charge in [0.05, 0.1) is 6.04 Å². The van der Waals surface area contributed by atoms with E-state index in [9.17, 15) is 4.79 Å². The summed E-state index contributed by atoms with van der Waals surface area (Å²) in [6.07, 6.45) is 0. The maximum Gasteiger partial charge on any atom is 0.251 e. The van der Waals surface area contributed by atoms with Gasteiger partial charge in [-0.25, -0.2) is 0 Å². The summed E-state index contributed by atoms with van der Waals surface area (Å²) < 4.78 is 5.86. The molecule has 0 radical (unpaired) electrons. The number of likely N-dealkylation sites (N-methyl/N-ethyl adjacent to an activating group) is 1. The minimum absolute atomic E-state index is 0.0951. The van der Waals surface area contributed by atoms with Crippen molar-refractivity contribution in [2.45, 2.75) is 13.0 Å². The van der Waals surface area contributed by atoms with Gasteiger partial charge in [-0.1, -0.05) is 48.5 Å². The van der Waals surface area contributed by atoms with Crippen LogP contribution in [0.15, 0.2) is 83.3 Å². The number of nitrogens with one attached hydrogen (secondary N) is 1. The molecule has 1 heterocycles. The Hall–Kier alpha value is -3.77. The second-order valence-electron chi connectivity index (χ2n) is 7.90. The summed E-state index contributed by atoms with van der Waals surface area (Å²) in [4.78, 5) is 14.8. The summed E-state index contributed by atoms with van der Waals surface area (Å²) >= 11 is 0. The van der Waals surface area contributed by atoms with Gasteiger partial charge in [0.2, 0.25) is 11.8 Å². The number of aryl methyl sites for hydroxylation is 1. The van der Waals surface area contributed by atoms with Crippen molar-refractivity contribution in [1.82, 2.24) is 20.4 Å². The lowest BCUT2D eigenvalue weighted by Gasteiger charge is -2.25. The van der Waals surface area contributed by atoms with E-state index in [-0.39, 0.29) is 11.9 Å². The summed E-state index contributed by atoms with van der Waals surface area (Å²) in [6, 6.07) is 25.3. The van der Waals surface area contributed by atoms with Crippen LogP contribution in [0.5, 0.6) is 0 Å². The monoisotopic (exact) mass is 426 g/mol. The third kappa shape index (κ3) is 4.76. The Bertz CT molecular complexity index is 1180. The Morgan fingerprint density at radius 3 is 2.25 bits per heavy atom. The summed E-state index contributed by atoms with van der Waals surface area (Å²) in [5.74, 6) is 0.785. The zero-order valence-electron chi connectivity index (χ0n) is 18.4. The van der Waals surface area contributed by atoms with Gasteiger partial charge in [0.25, 0.3) is 5.91 Å². The molecule has 0 spiro atoms. The van der Waals surface area contributed by atoms with Crippen LogP contribution < -0.4 is 5.32 Å². The smallest absolute Gasteiger partial charge is 0.251 e. The minimum Gasteiger partial charge on any atom is -0.416 e. The van der Waals surface area contributed by atoms with Crippen LogP contribution in [0, 0.1) is 6.92 Å². The number of amides is 1. The first-order valence-electron chi connectivity index (χ1n) is 10.5. The number of hydrogen-bond acceptors (Lipinski definition) is 5. The second kappa shape index (κ2) is 9.58. The number of benzene rings is 3. The van der Waals surface area contributed by atoms with Crippen LogP contribution in [-0.2, 0) is 0 Å². The number of hydrogen-bond donors (Lipinski definition) is 1. The molecule has 0 fully saturated rings. The molecule has 6 heteroatoms. The van der Waals surface area contributed by atoms with Crippen LogP contribution in [0.25, 0.3) is 22.9 Å². The first-order valence-corrected chi connectivity index (χ1v) is 10.5. The van der Waals surface area contributed by atoms with Crippen molar-refractivity contribution in [1.29, 1.82) is 0 Å². The fraction of sp³-hybridized carbons (Fsp3) is 0.192. The van der Waals surface area contributed by atoms with E-state index in [1.54, 1.807) is 12.1 Å². The minimum atomic E-state index is -0.120. The van der Waals surface area contributed by atoms with Gasteiger partial charge >= 0.3 is 0 Å². The molecule has 1 aromatic heterocycles. The van der Waals surface area contributed by atoms with Crippen LogP contribution >= 0.6 is 0 Å². The molecule has 32 heavy (non-hydrogen) atoms. The first-order chi connectivity index (χ1) is 15.5. The largest absolute Gasteiger partial charge is 0.416 e. The molecule has 162 valence electrons. The molecular formula is C26H26N4O2. The molecular weight excluding hydrogens is 400 g/mol. The number of nitrogens with zero attached hydrogens (tertiary/aromatic N) is 3. The molecule has 6 nitrogen and oxygen atoms in total. The van der Waals surface area contributed by atoms with Crippen molar-refractivity contribution in [3.05, 3.63) is 95.6 Å². The average molecular weight is 427 g/mol. The standard InChI is InChI=1S/C26H26N4O2/c1-18-9-7-8-12-22(18)26-29-28-25(32-26)21-15-13-20(14-16-21)24(31)27-17-23(30(2)3)19-10-5-4-6-11-19/h4-16,23H,17H2,1-3H3,(H,27,31). The number of aromatic nitrogens is 2. The second-order valence-corrected chi connectivity index (χ2v) is 7.90. The molecule has 4 aromatic rings. The van der Waals surface area contributed by atoms with E-state index in [4.69, 9.17) is 4.42 Å². The molecule has 4 rings (SSSR count).